The fraction of sp³-hybridized carbons (Fsp3) is 0.455. The van der Waals surface area contributed by atoms with Crippen LogP contribution >= 0.6 is 0 Å². The highest BCUT2D eigenvalue weighted by molar-refractivity contribution is 5.43. The fourth-order valence-electron chi connectivity index (χ4n) is 1.34. The van der Waals surface area contributed by atoms with E-state index in [9.17, 15) is 0 Å². The first kappa shape index (κ1) is 10.9. The van der Waals surface area contributed by atoms with Gasteiger partial charge in [0, 0.05) is 6.42 Å². The molecule has 5 nitrogen and oxygen atoms in total. The Hall–Kier alpha value is -1.62. The molecule has 0 radical (unpaired) electrons. The van der Waals surface area contributed by atoms with E-state index in [1.54, 1.807) is 0 Å². The van der Waals surface area contributed by atoms with E-state index in [1.807, 2.05) is 26.0 Å². The molecular weight excluding hydrogens is 206 g/mol. The number of hydrogen-bond donors (Lipinski definition) is 1. The number of rotatable bonds is 5. The summed E-state index contributed by atoms with van der Waals surface area (Å²) in [6.07, 6.45) is 0.860. The molecule has 2 heterocycles. The van der Waals surface area contributed by atoms with Crippen LogP contribution < -0.4 is 5.32 Å². The Morgan fingerprint density at radius 2 is 2.06 bits per heavy atom. The van der Waals surface area contributed by atoms with E-state index in [2.05, 4.69) is 15.5 Å². The average molecular weight is 221 g/mol. The highest BCUT2D eigenvalue weighted by Gasteiger charge is 2.11. The molecule has 0 aromatic carbocycles. The number of nitrogens with zero attached hydrogens (tertiary/aromatic N) is 2. The van der Waals surface area contributed by atoms with Crippen molar-refractivity contribution in [1.29, 1.82) is 0 Å². The van der Waals surface area contributed by atoms with Gasteiger partial charge in [0.15, 0.2) is 5.76 Å². The van der Waals surface area contributed by atoms with E-state index in [4.69, 9.17) is 8.83 Å². The minimum Gasteiger partial charge on any atom is -0.456 e. The molecule has 2 aromatic rings. The molecule has 0 fully saturated rings. The van der Waals surface area contributed by atoms with E-state index in [0.717, 1.165) is 18.7 Å². The number of aromatic nitrogens is 2. The lowest BCUT2D eigenvalue weighted by Gasteiger charge is -1.93. The molecule has 2 rings (SSSR count). The van der Waals surface area contributed by atoms with Gasteiger partial charge in [-0.2, -0.15) is 0 Å². The first-order valence-electron chi connectivity index (χ1n) is 5.45. The summed E-state index contributed by atoms with van der Waals surface area (Å²) in [4.78, 5) is 0. The van der Waals surface area contributed by atoms with Crippen LogP contribution in [0.2, 0.25) is 0 Å². The van der Waals surface area contributed by atoms with E-state index in [1.165, 1.54) is 0 Å². The second-order valence-electron chi connectivity index (χ2n) is 3.40. The Morgan fingerprint density at radius 1 is 1.19 bits per heavy atom. The molecular formula is C11H15N3O2. The van der Waals surface area contributed by atoms with Crippen molar-refractivity contribution in [1.82, 2.24) is 15.5 Å². The number of furan rings is 1. The quantitative estimate of drug-likeness (QED) is 0.836. The summed E-state index contributed by atoms with van der Waals surface area (Å²) in [5.41, 5.74) is 0. The predicted octanol–water partition coefficient (Wildman–Crippen LogP) is 2.00. The van der Waals surface area contributed by atoms with Crippen molar-refractivity contribution >= 4 is 0 Å². The Kier molecular flexibility index (Phi) is 3.36. The molecule has 0 saturated heterocycles. The van der Waals surface area contributed by atoms with Crippen LogP contribution in [0.1, 0.15) is 25.5 Å². The van der Waals surface area contributed by atoms with Crippen LogP contribution in [0.3, 0.4) is 0 Å². The van der Waals surface area contributed by atoms with Gasteiger partial charge in [-0.05, 0) is 18.7 Å². The molecule has 0 aliphatic rings. The smallest absolute Gasteiger partial charge is 0.283 e. The molecule has 0 bridgehead atoms. The monoisotopic (exact) mass is 221 g/mol. The van der Waals surface area contributed by atoms with Crippen LogP contribution in [0, 0.1) is 0 Å². The molecule has 0 aliphatic heterocycles. The van der Waals surface area contributed by atoms with Gasteiger partial charge in [-0.15, -0.1) is 10.2 Å². The van der Waals surface area contributed by atoms with Gasteiger partial charge in [-0.1, -0.05) is 13.8 Å². The summed E-state index contributed by atoms with van der Waals surface area (Å²) in [5, 5.41) is 11.0. The maximum absolute atomic E-state index is 5.52. The maximum Gasteiger partial charge on any atom is 0.283 e. The Bertz CT molecular complexity index is 448. The SMILES string of the molecule is CCNCc1nnc(-c2ccc(CC)o2)o1. The van der Waals surface area contributed by atoms with Crippen LogP contribution in [0.5, 0.6) is 0 Å². The van der Waals surface area contributed by atoms with E-state index in [-0.39, 0.29) is 0 Å². The van der Waals surface area contributed by atoms with Crippen molar-refractivity contribution < 1.29 is 8.83 Å². The minimum absolute atomic E-state index is 0.438. The van der Waals surface area contributed by atoms with Gasteiger partial charge >= 0.3 is 0 Å². The van der Waals surface area contributed by atoms with Crippen LogP contribution in [0.4, 0.5) is 0 Å². The zero-order valence-corrected chi connectivity index (χ0v) is 9.49. The zero-order valence-electron chi connectivity index (χ0n) is 9.49. The molecule has 16 heavy (non-hydrogen) atoms. The standard InChI is InChI=1S/C11H15N3O2/c1-3-8-5-6-9(15-8)11-14-13-10(16-11)7-12-4-2/h5-6,12H,3-4,7H2,1-2H3. The minimum atomic E-state index is 0.438. The number of nitrogens with one attached hydrogen (secondary N) is 1. The first-order valence-corrected chi connectivity index (χ1v) is 5.45. The van der Waals surface area contributed by atoms with Crippen molar-refractivity contribution in [3.8, 4) is 11.7 Å². The van der Waals surface area contributed by atoms with Crippen molar-refractivity contribution in [3.05, 3.63) is 23.8 Å². The number of hydrogen-bond acceptors (Lipinski definition) is 5. The summed E-state index contributed by atoms with van der Waals surface area (Å²) < 4.78 is 11.0. The zero-order chi connectivity index (χ0) is 11.4. The number of aryl methyl sites for hydroxylation is 1. The van der Waals surface area contributed by atoms with Crippen molar-refractivity contribution in [2.45, 2.75) is 26.8 Å². The third-order valence-corrected chi connectivity index (χ3v) is 2.21. The second-order valence-corrected chi connectivity index (χ2v) is 3.40. The molecule has 0 unspecified atom stereocenters. The van der Waals surface area contributed by atoms with Gasteiger partial charge in [0.1, 0.15) is 5.76 Å². The van der Waals surface area contributed by atoms with Crippen LogP contribution in [0.15, 0.2) is 21.0 Å². The lowest BCUT2D eigenvalue weighted by atomic mass is 10.3. The predicted molar refractivity (Wildman–Crippen MR) is 58.8 cm³/mol. The van der Waals surface area contributed by atoms with Gasteiger partial charge in [0.05, 0.1) is 6.54 Å². The van der Waals surface area contributed by atoms with Gasteiger partial charge in [0.25, 0.3) is 5.89 Å². The molecule has 0 aliphatic carbocycles. The van der Waals surface area contributed by atoms with Gasteiger partial charge in [-0.3, -0.25) is 0 Å². The second kappa shape index (κ2) is 4.94. The summed E-state index contributed by atoms with van der Waals surface area (Å²) >= 11 is 0. The van der Waals surface area contributed by atoms with Gasteiger partial charge in [-0.25, -0.2) is 0 Å². The molecule has 0 saturated carbocycles. The molecule has 5 heteroatoms. The topological polar surface area (TPSA) is 64.1 Å². The molecule has 0 atom stereocenters. The van der Waals surface area contributed by atoms with E-state index in [0.29, 0.717) is 24.1 Å². The Balaban J connectivity index is 2.11. The van der Waals surface area contributed by atoms with Gasteiger partial charge in [0.2, 0.25) is 5.89 Å². The summed E-state index contributed by atoms with van der Waals surface area (Å²) in [6.45, 7) is 5.52. The fourth-order valence-corrected chi connectivity index (χ4v) is 1.34. The maximum atomic E-state index is 5.52. The third kappa shape index (κ3) is 2.30. The lowest BCUT2D eigenvalue weighted by molar-refractivity contribution is 0.455. The van der Waals surface area contributed by atoms with Crippen LogP contribution in [-0.2, 0) is 13.0 Å². The average Bonchev–Trinajstić information content (AvgIpc) is 2.94. The summed E-state index contributed by atoms with van der Waals surface area (Å²) in [6, 6.07) is 3.77. The van der Waals surface area contributed by atoms with Crippen molar-refractivity contribution in [3.63, 3.8) is 0 Å². The molecule has 0 spiro atoms. The highest BCUT2D eigenvalue weighted by atomic mass is 16.4. The first-order chi connectivity index (χ1) is 7.83. The van der Waals surface area contributed by atoms with Crippen molar-refractivity contribution in [2.24, 2.45) is 0 Å². The van der Waals surface area contributed by atoms with Crippen LogP contribution in [-0.4, -0.2) is 16.7 Å². The molecule has 0 amide bonds. The normalized spacial score (nSPS) is 10.9. The highest BCUT2D eigenvalue weighted by Crippen LogP contribution is 2.20. The largest absolute Gasteiger partial charge is 0.456 e. The Labute approximate surface area is 93.9 Å². The molecule has 1 N–H and O–H groups in total. The summed E-state index contributed by atoms with van der Waals surface area (Å²) in [5.74, 6) is 2.56. The van der Waals surface area contributed by atoms with E-state index < -0.39 is 0 Å². The summed E-state index contributed by atoms with van der Waals surface area (Å²) in [7, 11) is 0. The molecule has 2 aromatic heterocycles. The lowest BCUT2D eigenvalue weighted by Crippen LogP contribution is -2.11. The van der Waals surface area contributed by atoms with E-state index >= 15 is 0 Å². The molecule has 86 valence electrons. The van der Waals surface area contributed by atoms with Crippen molar-refractivity contribution in [2.75, 3.05) is 6.54 Å². The Morgan fingerprint density at radius 3 is 2.75 bits per heavy atom. The van der Waals surface area contributed by atoms with Crippen LogP contribution in [0.25, 0.3) is 11.7 Å². The third-order valence-electron chi connectivity index (χ3n) is 2.21. The van der Waals surface area contributed by atoms with Gasteiger partial charge < -0.3 is 14.2 Å².